The lowest BCUT2D eigenvalue weighted by Gasteiger charge is -2.41. The van der Waals surface area contributed by atoms with Gasteiger partial charge in [-0.1, -0.05) is 0 Å². The van der Waals surface area contributed by atoms with Gasteiger partial charge in [0.15, 0.2) is 11.5 Å². The number of rotatable bonds is 6. The topological polar surface area (TPSA) is 94.6 Å². The molecule has 30 heavy (non-hydrogen) atoms. The summed E-state index contributed by atoms with van der Waals surface area (Å²) in [6.45, 7) is 6.74. The summed E-state index contributed by atoms with van der Waals surface area (Å²) < 4.78 is 21.6. The Hall–Kier alpha value is -2.97. The van der Waals surface area contributed by atoms with Crippen molar-refractivity contribution in [3.63, 3.8) is 0 Å². The fraction of sp³-hybridized carbons (Fsp3) is 0.571. The van der Waals surface area contributed by atoms with E-state index in [-0.39, 0.29) is 12.3 Å². The van der Waals surface area contributed by atoms with Crippen molar-refractivity contribution in [2.75, 3.05) is 28.4 Å². The Balaban J connectivity index is 2.56. The second kappa shape index (κ2) is 9.23. The van der Waals surface area contributed by atoms with E-state index in [0.717, 1.165) is 4.90 Å². The van der Waals surface area contributed by atoms with Crippen molar-refractivity contribution < 1.29 is 33.3 Å². The molecule has 1 aromatic carbocycles. The summed E-state index contributed by atoms with van der Waals surface area (Å²) >= 11 is 0. The molecule has 0 saturated carbocycles. The van der Waals surface area contributed by atoms with Crippen LogP contribution in [0.25, 0.3) is 0 Å². The average Bonchev–Trinajstić information content (AvgIpc) is 2.69. The van der Waals surface area contributed by atoms with E-state index < -0.39 is 30.2 Å². The first kappa shape index (κ1) is 23.3. The highest BCUT2D eigenvalue weighted by atomic mass is 16.6. The van der Waals surface area contributed by atoms with Crippen molar-refractivity contribution in [1.82, 2.24) is 9.80 Å². The van der Waals surface area contributed by atoms with Crippen LogP contribution in [-0.4, -0.2) is 74.3 Å². The van der Waals surface area contributed by atoms with Crippen LogP contribution < -0.4 is 14.2 Å². The number of nitrogens with zero attached hydrogens (tertiary/aromatic N) is 2. The van der Waals surface area contributed by atoms with Crippen LogP contribution in [0.3, 0.4) is 0 Å². The van der Waals surface area contributed by atoms with Crippen LogP contribution in [0.1, 0.15) is 31.9 Å². The zero-order chi connectivity index (χ0) is 22.7. The fourth-order valence-electron chi connectivity index (χ4n) is 3.58. The van der Waals surface area contributed by atoms with Crippen molar-refractivity contribution in [3.05, 3.63) is 17.2 Å². The number of hydrogen-bond donors (Lipinski definition) is 0. The zero-order valence-corrected chi connectivity index (χ0v) is 18.8. The minimum atomic E-state index is -1.07. The molecule has 3 amide bonds. The lowest BCUT2D eigenvalue weighted by Crippen LogP contribution is -2.65. The predicted octanol–water partition coefficient (Wildman–Crippen LogP) is 2.17. The Bertz CT molecular complexity index is 837. The van der Waals surface area contributed by atoms with Gasteiger partial charge in [0, 0.05) is 24.6 Å². The van der Waals surface area contributed by atoms with E-state index in [2.05, 4.69) is 0 Å². The summed E-state index contributed by atoms with van der Waals surface area (Å²) in [5.41, 5.74) is 1.28. The number of amides is 3. The van der Waals surface area contributed by atoms with Crippen LogP contribution in [0, 0.1) is 6.92 Å². The quantitative estimate of drug-likeness (QED) is 0.693. The van der Waals surface area contributed by atoms with Gasteiger partial charge < -0.3 is 23.8 Å². The maximum absolute atomic E-state index is 13.1. The molecule has 0 aromatic heterocycles. The minimum absolute atomic E-state index is 0.0409. The second-order valence-corrected chi connectivity index (χ2v) is 7.42. The predicted molar refractivity (Wildman–Crippen MR) is 109 cm³/mol. The summed E-state index contributed by atoms with van der Waals surface area (Å²) in [5.74, 6) is 0.594. The minimum Gasteiger partial charge on any atom is -0.496 e. The zero-order valence-electron chi connectivity index (χ0n) is 18.8. The fourth-order valence-corrected chi connectivity index (χ4v) is 3.58. The van der Waals surface area contributed by atoms with E-state index in [9.17, 15) is 14.4 Å². The molecule has 9 heteroatoms. The Morgan fingerprint density at radius 1 is 1.07 bits per heavy atom. The smallest absolute Gasteiger partial charge is 0.417 e. The summed E-state index contributed by atoms with van der Waals surface area (Å²) in [6, 6.07) is -0.161. The van der Waals surface area contributed by atoms with Crippen molar-refractivity contribution in [2.24, 2.45) is 0 Å². The molecule has 0 unspecified atom stereocenters. The van der Waals surface area contributed by atoms with Crippen molar-refractivity contribution in [1.29, 1.82) is 0 Å². The number of hydrogen-bond acceptors (Lipinski definition) is 7. The molecule has 1 aliphatic heterocycles. The van der Waals surface area contributed by atoms with Gasteiger partial charge in [-0.3, -0.25) is 9.59 Å². The first-order valence-electron chi connectivity index (χ1n) is 9.67. The molecule has 1 fully saturated rings. The van der Waals surface area contributed by atoms with Crippen molar-refractivity contribution in [2.45, 2.75) is 52.3 Å². The van der Waals surface area contributed by atoms with Gasteiger partial charge in [-0.05, 0) is 33.8 Å². The lowest BCUT2D eigenvalue weighted by molar-refractivity contribution is -0.157. The van der Waals surface area contributed by atoms with Crippen molar-refractivity contribution in [3.8, 4) is 17.2 Å². The normalized spacial score (nSPS) is 19.2. The highest BCUT2D eigenvalue weighted by Crippen LogP contribution is 2.40. The largest absolute Gasteiger partial charge is 0.496 e. The summed E-state index contributed by atoms with van der Waals surface area (Å²) in [5, 5.41) is 0. The van der Waals surface area contributed by atoms with E-state index in [0.29, 0.717) is 28.4 Å². The van der Waals surface area contributed by atoms with Gasteiger partial charge in [0.1, 0.15) is 17.8 Å². The third kappa shape index (κ3) is 4.15. The number of piperazine rings is 1. The van der Waals surface area contributed by atoms with Crippen LogP contribution in [0.5, 0.6) is 17.2 Å². The Kier molecular flexibility index (Phi) is 7.17. The molecule has 0 radical (unpaired) electrons. The first-order valence-corrected chi connectivity index (χ1v) is 9.67. The third-order valence-corrected chi connectivity index (χ3v) is 5.20. The van der Waals surface area contributed by atoms with Gasteiger partial charge in [0.25, 0.3) is 5.91 Å². The highest BCUT2D eigenvalue weighted by Gasteiger charge is 2.46. The van der Waals surface area contributed by atoms with E-state index in [1.54, 1.807) is 40.8 Å². The van der Waals surface area contributed by atoms with E-state index >= 15 is 0 Å². The van der Waals surface area contributed by atoms with Gasteiger partial charge >= 0.3 is 6.09 Å². The van der Waals surface area contributed by atoms with E-state index in [1.165, 1.54) is 26.2 Å². The van der Waals surface area contributed by atoms with Gasteiger partial charge in [-0.15, -0.1) is 0 Å². The molecule has 2 atom stereocenters. The molecule has 1 saturated heterocycles. The van der Waals surface area contributed by atoms with E-state index in [1.807, 2.05) is 0 Å². The second-order valence-electron chi connectivity index (χ2n) is 7.42. The maximum atomic E-state index is 13.1. The monoisotopic (exact) mass is 422 g/mol. The molecule has 2 rings (SSSR count). The maximum Gasteiger partial charge on any atom is 0.417 e. The molecule has 166 valence electrons. The molecule has 1 heterocycles. The number of ether oxygens (including phenoxy) is 4. The Morgan fingerprint density at radius 3 is 2.17 bits per heavy atom. The number of likely N-dealkylation sites (N-methyl/N-ethyl adjacent to an activating group) is 1. The number of imide groups is 1. The van der Waals surface area contributed by atoms with Crippen LogP contribution in [0.4, 0.5) is 4.79 Å². The molecular formula is C21H30N2O7. The number of methoxy groups -OCH3 is 3. The Morgan fingerprint density at radius 2 is 1.67 bits per heavy atom. The SMILES string of the molecule is COc1cc(C[C@H]2C(=O)N(C)[C@@H](C)C(=O)N2C(=O)OC(C)C)c(OC)c(C)c1OC. The molecule has 0 aliphatic carbocycles. The Labute approximate surface area is 176 Å². The number of carbonyl (C=O) groups is 3. The third-order valence-electron chi connectivity index (χ3n) is 5.20. The van der Waals surface area contributed by atoms with Crippen LogP contribution in [0.15, 0.2) is 6.07 Å². The number of carbonyl (C=O) groups excluding carboxylic acids is 3. The number of benzene rings is 1. The summed E-state index contributed by atoms with van der Waals surface area (Å²) in [6.07, 6.45) is -1.24. The molecule has 0 spiro atoms. The van der Waals surface area contributed by atoms with Crippen LogP contribution in [-0.2, 0) is 20.7 Å². The van der Waals surface area contributed by atoms with Crippen molar-refractivity contribution >= 4 is 17.9 Å². The highest BCUT2D eigenvalue weighted by molar-refractivity contribution is 6.04. The molecule has 9 nitrogen and oxygen atoms in total. The van der Waals surface area contributed by atoms with E-state index in [4.69, 9.17) is 18.9 Å². The first-order chi connectivity index (χ1) is 14.1. The molecule has 1 aliphatic rings. The van der Waals surface area contributed by atoms with Crippen LogP contribution >= 0.6 is 0 Å². The molecular weight excluding hydrogens is 392 g/mol. The summed E-state index contributed by atoms with van der Waals surface area (Å²) in [4.78, 5) is 40.9. The lowest BCUT2D eigenvalue weighted by atomic mass is 9.96. The van der Waals surface area contributed by atoms with Gasteiger partial charge in [-0.25, -0.2) is 9.69 Å². The molecule has 0 bridgehead atoms. The molecule has 0 N–H and O–H groups in total. The standard InChI is InChI=1S/C21H30N2O7/c1-11(2)30-21(26)23-15(20(25)22(5)13(4)19(23)24)9-14-10-16(27-6)18(29-8)12(3)17(14)28-7/h10-11,13,15H,9H2,1-8H3/t13-,15-/m0/s1. The average molecular weight is 422 g/mol. The van der Waals surface area contributed by atoms with Crippen LogP contribution in [0.2, 0.25) is 0 Å². The van der Waals surface area contributed by atoms with Gasteiger partial charge in [-0.2, -0.15) is 0 Å². The summed E-state index contributed by atoms with van der Waals surface area (Å²) in [7, 11) is 6.07. The van der Waals surface area contributed by atoms with Gasteiger partial charge in [0.2, 0.25) is 5.91 Å². The van der Waals surface area contributed by atoms with Gasteiger partial charge in [0.05, 0.1) is 27.4 Å². The molecule has 1 aromatic rings.